The van der Waals surface area contributed by atoms with Crippen LogP contribution >= 0.6 is 0 Å². The number of aromatic nitrogens is 5. The molecule has 0 atom stereocenters. The summed E-state index contributed by atoms with van der Waals surface area (Å²) >= 11 is 0. The van der Waals surface area contributed by atoms with Gasteiger partial charge in [-0.1, -0.05) is 35.5 Å². The normalized spacial score (nSPS) is 10.9. The van der Waals surface area contributed by atoms with Crippen LogP contribution in [0.15, 0.2) is 71.8 Å². The van der Waals surface area contributed by atoms with Crippen LogP contribution in [-0.4, -0.2) is 37.2 Å². The van der Waals surface area contributed by atoms with Crippen LogP contribution in [0.5, 0.6) is 0 Å². The van der Waals surface area contributed by atoms with Gasteiger partial charge in [-0.3, -0.25) is 9.59 Å². The molecule has 8 nitrogen and oxygen atoms in total. The number of carbonyl (C=O) groups excluding carboxylic acids is 1. The minimum Gasteiger partial charge on any atom is -0.354 e. The van der Waals surface area contributed by atoms with E-state index in [0.717, 1.165) is 15.9 Å². The Morgan fingerprint density at radius 1 is 1.04 bits per heavy atom. The van der Waals surface area contributed by atoms with Gasteiger partial charge >= 0.3 is 0 Å². The zero-order valence-corrected chi connectivity index (χ0v) is 15.0. The number of amides is 1. The molecule has 0 aliphatic carbocycles. The van der Waals surface area contributed by atoms with Gasteiger partial charge in [-0.15, -0.1) is 5.10 Å². The maximum atomic E-state index is 12.4. The second-order valence-corrected chi connectivity index (χ2v) is 6.30. The first-order chi connectivity index (χ1) is 13.7. The average Bonchev–Trinajstić information content (AvgIpc) is 3.20. The third-order valence-corrected chi connectivity index (χ3v) is 4.32. The highest BCUT2D eigenvalue weighted by atomic mass is 16.2. The lowest BCUT2D eigenvalue weighted by Crippen LogP contribution is -2.35. The number of para-hydroxylation sites is 1. The van der Waals surface area contributed by atoms with Gasteiger partial charge in [0.2, 0.25) is 5.91 Å². The summed E-state index contributed by atoms with van der Waals surface area (Å²) in [5, 5.41) is 15.4. The van der Waals surface area contributed by atoms with Gasteiger partial charge < -0.3 is 5.32 Å². The van der Waals surface area contributed by atoms with E-state index in [2.05, 4.69) is 20.7 Å². The molecule has 0 aliphatic rings. The van der Waals surface area contributed by atoms with Crippen LogP contribution < -0.4 is 10.9 Å². The van der Waals surface area contributed by atoms with E-state index in [0.29, 0.717) is 23.9 Å². The molecule has 2 aromatic heterocycles. The Morgan fingerprint density at radius 3 is 2.68 bits per heavy atom. The third kappa shape index (κ3) is 3.80. The van der Waals surface area contributed by atoms with Crippen molar-refractivity contribution in [2.75, 3.05) is 6.54 Å². The van der Waals surface area contributed by atoms with Crippen molar-refractivity contribution in [3.63, 3.8) is 0 Å². The molecule has 1 amide bonds. The standard InChI is InChI=1S/C20H18N6O2/c27-19(14-26-20(28)17-8-4-5-9-18(17)23-24-26)21-11-10-15-12-22-25(13-15)16-6-2-1-3-7-16/h1-9,12-13H,10-11,14H2,(H,21,27). The lowest BCUT2D eigenvalue weighted by atomic mass is 10.2. The van der Waals surface area contributed by atoms with Gasteiger partial charge in [0.25, 0.3) is 5.56 Å². The van der Waals surface area contributed by atoms with E-state index in [-0.39, 0.29) is 18.0 Å². The topological polar surface area (TPSA) is 94.7 Å². The number of benzene rings is 2. The number of hydrogen-bond acceptors (Lipinski definition) is 5. The molecule has 0 saturated heterocycles. The van der Waals surface area contributed by atoms with E-state index >= 15 is 0 Å². The van der Waals surface area contributed by atoms with Gasteiger partial charge in [0, 0.05) is 12.7 Å². The second-order valence-electron chi connectivity index (χ2n) is 6.30. The summed E-state index contributed by atoms with van der Waals surface area (Å²) in [5.74, 6) is -0.290. The first kappa shape index (κ1) is 17.6. The fraction of sp³-hybridized carbons (Fsp3) is 0.150. The third-order valence-electron chi connectivity index (χ3n) is 4.32. The summed E-state index contributed by atoms with van der Waals surface area (Å²) in [6.07, 6.45) is 4.34. The summed E-state index contributed by atoms with van der Waals surface area (Å²) in [7, 11) is 0. The van der Waals surface area contributed by atoms with Crippen LogP contribution in [0.3, 0.4) is 0 Å². The first-order valence-corrected chi connectivity index (χ1v) is 8.89. The molecular formula is C20H18N6O2. The number of fused-ring (bicyclic) bond motifs is 1. The molecule has 0 spiro atoms. The van der Waals surface area contributed by atoms with Crippen LogP contribution in [0.4, 0.5) is 0 Å². The van der Waals surface area contributed by atoms with Crippen LogP contribution in [0.2, 0.25) is 0 Å². The largest absolute Gasteiger partial charge is 0.354 e. The molecule has 28 heavy (non-hydrogen) atoms. The maximum absolute atomic E-state index is 12.4. The van der Waals surface area contributed by atoms with E-state index in [1.807, 2.05) is 36.5 Å². The average molecular weight is 374 g/mol. The molecular weight excluding hydrogens is 356 g/mol. The second kappa shape index (κ2) is 7.83. The van der Waals surface area contributed by atoms with Crippen molar-refractivity contribution in [3.8, 4) is 5.69 Å². The molecule has 0 saturated carbocycles. The Hall–Kier alpha value is -3.81. The van der Waals surface area contributed by atoms with Crippen LogP contribution in [0.25, 0.3) is 16.6 Å². The Morgan fingerprint density at radius 2 is 1.82 bits per heavy atom. The van der Waals surface area contributed by atoms with E-state index in [9.17, 15) is 9.59 Å². The number of hydrogen-bond donors (Lipinski definition) is 1. The van der Waals surface area contributed by atoms with Gasteiger partial charge in [-0.05, 0) is 36.2 Å². The van der Waals surface area contributed by atoms with Gasteiger partial charge in [0.1, 0.15) is 12.1 Å². The van der Waals surface area contributed by atoms with Crippen molar-refractivity contribution in [1.82, 2.24) is 30.1 Å². The predicted octanol–water partition coefficient (Wildman–Crippen LogP) is 1.34. The quantitative estimate of drug-likeness (QED) is 0.550. The fourth-order valence-electron chi connectivity index (χ4n) is 2.88. The van der Waals surface area contributed by atoms with Crippen LogP contribution in [-0.2, 0) is 17.8 Å². The molecule has 0 aliphatic heterocycles. The summed E-state index contributed by atoms with van der Waals surface area (Å²) in [4.78, 5) is 24.5. The molecule has 2 heterocycles. The summed E-state index contributed by atoms with van der Waals surface area (Å²) < 4.78 is 2.87. The Kier molecular flexibility index (Phi) is 4.92. The zero-order valence-electron chi connectivity index (χ0n) is 15.0. The number of rotatable bonds is 6. The monoisotopic (exact) mass is 374 g/mol. The number of nitrogens with one attached hydrogen (secondary N) is 1. The van der Waals surface area contributed by atoms with Crippen molar-refractivity contribution in [2.45, 2.75) is 13.0 Å². The molecule has 1 N–H and O–H groups in total. The molecule has 0 fully saturated rings. The summed E-state index contributed by atoms with van der Waals surface area (Å²) in [6, 6.07) is 16.7. The maximum Gasteiger partial charge on any atom is 0.278 e. The van der Waals surface area contributed by atoms with Crippen molar-refractivity contribution in [1.29, 1.82) is 0 Å². The molecule has 4 aromatic rings. The molecule has 0 unspecified atom stereocenters. The minimum atomic E-state index is -0.329. The zero-order chi connectivity index (χ0) is 19.3. The van der Waals surface area contributed by atoms with Crippen LogP contribution in [0.1, 0.15) is 5.56 Å². The highest BCUT2D eigenvalue weighted by Gasteiger charge is 2.09. The lowest BCUT2D eigenvalue weighted by Gasteiger charge is -2.06. The van der Waals surface area contributed by atoms with Gasteiger partial charge in [0.15, 0.2) is 0 Å². The van der Waals surface area contributed by atoms with Crippen LogP contribution in [0, 0.1) is 0 Å². The van der Waals surface area contributed by atoms with Gasteiger partial charge in [-0.2, -0.15) is 5.10 Å². The number of carbonyl (C=O) groups is 1. The van der Waals surface area contributed by atoms with E-state index in [1.54, 1.807) is 35.1 Å². The van der Waals surface area contributed by atoms with E-state index in [1.165, 1.54) is 0 Å². The molecule has 4 rings (SSSR count). The first-order valence-electron chi connectivity index (χ1n) is 8.89. The van der Waals surface area contributed by atoms with Gasteiger partial charge in [0.05, 0.1) is 17.3 Å². The lowest BCUT2D eigenvalue weighted by molar-refractivity contribution is -0.121. The highest BCUT2D eigenvalue weighted by Crippen LogP contribution is 2.08. The molecule has 8 heteroatoms. The summed E-state index contributed by atoms with van der Waals surface area (Å²) in [6.45, 7) is 0.273. The van der Waals surface area contributed by atoms with Crippen molar-refractivity contribution in [2.24, 2.45) is 0 Å². The molecule has 0 bridgehead atoms. The minimum absolute atomic E-state index is 0.167. The van der Waals surface area contributed by atoms with E-state index in [4.69, 9.17) is 0 Å². The summed E-state index contributed by atoms with van der Waals surface area (Å²) in [5.41, 5.74) is 2.17. The molecule has 140 valence electrons. The number of nitrogens with zero attached hydrogens (tertiary/aromatic N) is 5. The smallest absolute Gasteiger partial charge is 0.278 e. The Bertz CT molecular complexity index is 1170. The Labute approximate surface area is 160 Å². The Balaban J connectivity index is 1.34. The SMILES string of the molecule is O=C(Cn1nnc2ccccc2c1=O)NCCc1cnn(-c2ccccc2)c1. The molecule has 0 radical (unpaired) electrons. The fourth-order valence-corrected chi connectivity index (χ4v) is 2.88. The van der Waals surface area contributed by atoms with Crippen molar-refractivity contribution in [3.05, 3.63) is 82.9 Å². The van der Waals surface area contributed by atoms with Gasteiger partial charge in [-0.25, -0.2) is 9.36 Å². The van der Waals surface area contributed by atoms with E-state index < -0.39 is 0 Å². The highest BCUT2D eigenvalue weighted by molar-refractivity contribution is 5.78. The predicted molar refractivity (Wildman–Crippen MR) is 104 cm³/mol. The van der Waals surface area contributed by atoms with Crippen molar-refractivity contribution < 1.29 is 4.79 Å². The molecule has 2 aromatic carbocycles. The van der Waals surface area contributed by atoms with Crippen molar-refractivity contribution >= 4 is 16.8 Å².